The molecule has 1 aromatic carbocycles. The van der Waals surface area contributed by atoms with E-state index in [2.05, 4.69) is 5.32 Å². The van der Waals surface area contributed by atoms with Crippen LogP contribution in [-0.2, 0) is 9.53 Å². The van der Waals surface area contributed by atoms with Crippen molar-refractivity contribution < 1.29 is 14.3 Å². The van der Waals surface area contributed by atoms with E-state index in [0.717, 1.165) is 32.1 Å². The fraction of sp³-hybridized carbons (Fsp3) is 0.556. The first-order valence-corrected chi connectivity index (χ1v) is 8.29. The molecule has 1 fully saturated rings. The molecule has 5 nitrogen and oxygen atoms in total. The van der Waals surface area contributed by atoms with Gasteiger partial charge in [0.25, 0.3) is 0 Å². The Balaban J connectivity index is 2.16. The lowest BCUT2D eigenvalue weighted by Gasteiger charge is -2.28. The van der Waals surface area contributed by atoms with Crippen molar-refractivity contribution >= 4 is 17.5 Å². The summed E-state index contributed by atoms with van der Waals surface area (Å²) in [6, 6.07) is 5.23. The molecule has 0 atom stereocenters. The normalized spacial score (nSPS) is 16.3. The van der Waals surface area contributed by atoms with Crippen molar-refractivity contribution in [1.82, 2.24) is 0 Å². The second kappa shape index (κ2) is 7.59. The molecule has 0 bridgehead atoms. The van der Waals surface area contributed by atoms with Crippen LogP contribution in [0, 0.1) is 12.3 Å². The maximum absolute atomic E-state index is 12.9. The van der Waals surface area contributed by atoms with Crippen LogP contribution in [0.3, 0.4) is 0 Å². The number of nitrogens with one attached hydrogen (secondary N) is 1. The topological polar surface area (TPSA) is 81.4 Å². The average Bonchev–Trinajstić information content (AvgIpc) is 2.99. The number of primary amides is 1. The van der Waals surface area contributed by atoms with Crippen molar-refractivity contribution in [3.63, 3.8) is 0 Å². The molecule has 0 spiro atoms. The van der Waals surface area contributed by atoms with Crippen LogP contribution < -0.4 is 11.1 Å². The van der Waals surface area contributed by atoms with E-state index >= 15 is 0 Å². The van der Waals surface area contributed by atoms with E-state index < -0.39 is 5.91 Å². The van der Waals surface area contributed by atoms with Gasteiger partial charge in [-0.2, -0.15) is 0 Å². The van der Waals surface area contributed by atoms with E-state index in [0.29, 0.717) is 30.0 Å². The molecule has 1 aliphatic rings. The van der Waals surface area contributed by atoms with Gasteiger partial charge in [-0.05, 0) is 50.8 Å². The summed E-state index contributed by atoms with van der Waals surface area (Å²) in [7, 11) is 0. The lowest BCUT2D eigenvalue weighted by atomic mass is 9.81. The largest absolute Gasteiger partial charge is 0.382 e. The highest BCUT2D eigenvalue weighted by atomic mass is 16.5. The number of ether oxygens (including phenoxy) is 1. The molecule has 1 aliphatic carbocycles. The summed E-state index contributed by atoms with van der Waals surface area (Å²) in [5.41, 5.74) is 6.84. The zero-order valence-corrected chi connectivity index (χ0v) is 14.0. The molecule has 126 valence electrons. The zero-order valence-electron chi connectivity index (χ0n) is 14.0. The molecule has 0 aromatic heterocycles. The van der Waals surface area contributed by atoms with E-state index in [-0.39, 0.29) is 11.3 Å². The van der Waals surface area contributed by atoms with E-state index in [4.69, 9.17) is 10.5 Å². The molecule has 0 aliphatic heterocycles. The maximum atomic E-state index is 12.9. The van der Waals surface area contributed by atoms with Gasteiger partial charge in [0, 0.05) is 24.5 Å². The third kappa shape index (κ3) is 3.91. The summed E-state index contributed by atoms with van der Waals surface area (Å²) in [5, 5.41) is 3.01. The molecule has 2 rings (SSSR count). The van der Waals surface area contributed by atoms with Crippen molar-refractivity contribution in [2.24, 2.45) is 11.1 Å². The van der Waals surface area contributed by atoms with Crippen LogP contribution in [0.4, 0.5) is 5.69 Å². The van der Waals surface area contributed by atoms with Crippen molar-refractivity contribution in [2.75, 3.05) is 18.5 Å². The maximum Gasteiger partial charge on any atom is 0.249 e. The minimum absolute atomic E-state index is 0.0272. The van der Waals surface area contributed by atoms with Crippen LogP contribution in [0.25, 0.3) is 0 Å². The Morgan fingerprint density at radius 2 is 2.00 bits per heavy atom. The molecule has 3 N–H and O–H groups in total. The lowest BCUT2D eigenvalue weighted by molar-refractivity contribution is -0.126. The van der Waals surface area contributed by atoms with E-state index in [1.165, 1.54) is 0 Å². The molecule has 0 saturated heterocycles. The third-order valence-electron chi connectivity index (χ3n) is 4.82. The monoisotopic (exact) mass is 318 g/mol. The minimum atomic E-state index is -0.481. The highest BCUT2D eigenvalue weighted by Gasteiger charge is 2.40. The number of rotatable bonds is 7. The summed E-state index contributed by atoms with van der Waals surface area (Å²) in [5.74, 6) is -0.454. The number of hydrogen-bond acceptors (Lipinski definition) is 3. The van der Waals surface area contributed by atoms with Crippen molar-refractivity contribution in [3.05, 3.63) is 29.3 Å². The average molecular weight is 318 g/mol. The van der Waals surface area contributed by atoms with Crippen molar-refractivity contribution in [3.8, 4) is 0 Å². The predicted molar refractivity (Wildman–Crippen MR) is 90.3 cm³/mol. The van der Waals surface area contributed by atoms with Gasteiger partial charge in [-0.25, -0.2) is 0 Å². The summed E-state index contributed by atoms with van der Waals surface area (Å²) >= 11 is 0. The lowest BCUT2D eigenvalue weighted by Crippen LogP contribution is -2.35. The van der Waals surface area contributed by atoms with Crippen LogP contribution in [0.1, 0.15) is 54.9 Å². The van der Waals surface area contributed by atoms with E-state index in [1.54, 1.807) is 19.1 Å². The Morgan fingerprint density at radius 1 is 1.30 bits per heavy atom. The summed E-state index contributed by atoms with van der Waals surface area (Å²) in [6.07, 6.45) is 4.65. The second-order valence-corrected chi connectivity index (χ2v) is 6.23. The standard InChI is InChI=1S/C18H26N2O3/c1-3-23-12-11-18(9-4-5-10-18)17(22)20-15-8-6-7-14(13(15)2)16(19)21/h6-8H,3-5,9-12H2,1-2H3,(H2,19,21)(H,20,22). The van der Waals surface area contributed by atoms with Gasteiger partial charge in [0.15, 0.2) is 0 Å². The van der Waals surface area contributed by atoms with Gasteiger partial charge in [0.05, 0.1) is 5.41 Å². The van der Waals surface area contributed by atoms with Crippen LogP contribution in [-0.4, -0.2) is 25.0 Å². The molecule has 23 heavy (non-hydrogen) atoms. The number of carbonyl (C=O) groups is 2. The van der Waals surface area contributed by atoms with E-state index in [1.807, 2.05) is 13.0 Å². The first kappa shape index (κ1) is 17.5. The molecule has 1 saturated carbocycles. The first-order valence-electron chi connectivity index (χ1n) is 8.29. The highest BCUT2D eigenvalue weighted by Crippen LogP contribution is 2.42. The number of hydrogen-bond donors (Lipinski definition) is 2. The highest BCUT2D eigenvalue weighted by molar-refractivity contribution is 6.00. The summed E-state index contributed by atoms with van der Waals surface area (Å²) in [6.45, 7) is 5.03. The Labute approximate surface area is 137 Å². The Hall–Kier alpha value is -1.88. The smallest absolute Gasteiger partial charge is 0.249 e. The Bertz CT molecular complexity index is 578. The van der Waals surface area contributed by atoms with Gasteiger partial charge in [-0.1, -0.05) is 18.9 Å². The fourth-order valence-electron chi connectivity index (χ4n) is 3.35. The summed E-state index contributed by atoms with van der Waals surface area (Å²) in [4.78, 5) is 24.3. The Kier molecular flexibility index (Phi) is 5.77. The van der Waals surface area contributed by atoms with Crippen LogP contribution in [0.2, 0.25) is 0 Å². The molecule has 0 radical (unpaired) electrons. The van der Waals surface area contributed by atoms with Gasteiger partial charge in [0.2, 0.25) is 11.8 Å². The number of benzene rings is 1. The van der Waals surface area contributed by atoms with Crippen molar-refractivity contribution in [2.45, 2.75) is 46.0 Å². The minimum Gasteiger partial charge on any atom is -0.382 e. The molecule has 2 amide bonds. The fourth-order valence-corrected chi connectivity index (χ4v) is 3.35. The van der Waals surface area contributed by atoms with Crippen molar-refractivity contribution in [1.29, 1.82) is 0 Å². The SMILES string of the molecule is CCOCCC1(C(=O)Nc2cccc(C(N)=O)c2C)CCCC1. The molecular weight excluding hydrogens is 292 g/mol. The van der Waals surface area contributed by atoms with Gasteiger partial charge in [-0.15, -0.1) is 0 Å². The first-order chi connectivity index (χ1) is 11.0. The van der Waals surface area contributed by atoms with Gasteiger partial charge < -0.3 is 15.8 Å². The van der Waals surface area contributed by atoms with Crippen LogP contribution in [0.15, 0.2) is 18.2 Å². The Morgan fingerprint density at radius 3 is 2.61 bits per heavy atom. The molecule has 0 heterocycles. The summed E-state index contributed by atoms with van der Waals surface area (Å²) < 4.78 is 5.45. The zero-order chi connectivity index (χ0) is 16.9. The van der Waals surface area contributed by atoms with Gasteiger partial charge in [-0.3, -0.25) is 9.59 Å². The van der Waals surface area contributed by atoms with Crippen LogP contribution in [0.5, 0.6) is 0 Å². The predicted octanol–water partition coefficient (Wildman–Crippen LogP) is 3.02. The van der Waals surface area contributed by atoms with Crippen LogP contribution >= 0.6 is 0 Å². The quantitative estimate of drug-likeness (QED) is 0.758. The molecule has 5 heteroatoms. The van der Waals surface area contributed by atoms with E-state index in [9.17, 15) is 9.59 Å². The molecular formula is C18H26N2O3. The second-order valence-electron chi connectivity index (χ2n) is 6.23. The third-order valence-corrected chi connectivity index (χ3v) is 4.82. The van der Waals surface area contributed by atoms with Gasteiger partial charge >= 0.3 is 0 Å². The number of amides is 2. The number of nitrogens with two attached hydrogens (primary N) is 1. The number of anilines is 1. The number of carbonyl (C=O) groups excluding carboxylic acids is 2. The molecule has 0 unspecified atom stereocenters. The van der Waals surface area contributed by atoms with Gasteiger partial charge in [0.1, 0.15) is 0 Å². The molecule has 1 aromatic rings.